The molecule has 1 saturated heterocycles. The van der Waals surface area contributed by atoms with Crippen molar-refractivity contribution in [2.24, 2.45) is 0 Å². The van der Waals surface area contributed by atoms with E-state index in [1.807, 2.05) is 30.3 Å². The first-order chi connectivity index (χ1) is 12.5. The average Bonchev–Trinajstić information content (AvgIpc) is 2.95. The van der Waals surface area contributed by atoms with Gasteiger partial charge in [-0.1, -0.05) is 41.9 Å². The molecule has 2 amide bonds. The van der Waals surface area contributed by atoms with Crippen LogP contribution in [0.25, 0.3) is 0 Å². The number of anilines is 1. The first-order valence-electron chi connectivity index (χ1n) is 8.18. The standard InChI is InChI=1S/C19H20ClN3O3/c1-22-18(25)12-23(19(22)13-6-4-3-5-7-13)17(24)11-21-15-10-14(20)8-9-16(15)26-2/h3-10,19,21H,11-12H2,1-2H3. The van der Waals surface area contributed by atoms with Gasteiger partial charge < -0.3 is 19.9 Å². The maximum atomic E-state index is 12.8. The van der Waals surface area contributed by atoms with E-state index in [9.17, 15) is 9.59 Å². The number of amides is 2. The number of hydrogen-bond donors (Lipinski definition) is 1. The van der Waals surface area contributed by atoms with E-state index in [1.54, 1.807) is 42.2 Å². The van der Waals surface area contributed by atoms with Crippen LogP contribution in [0, 0.1) is 0 Å². The zero-order valence-corrected chi connectivity index (χ0v) is 15.4. The number of nitrogens with one attached hydrogen (secondary N) is 1. The van der Waals surface area contributed by atoms with Gasteiger partial charge in [0.2, 0.25) is 11.8 Å². The van der Waals surface area contributed by atoms with Gasteiger partial charge in [-0.15, -0.1) is 0 Å². The molecule has 0 bridgehead atoms. The number of carbonyl (C=O) groups is 2. The molecule has 136 valence electrons. The minimum atomic E-state index is -0.403. The Kier molecular flexibility index (Phi) is 5.32. The predicted molar refractivity (Wildman–Crippen MR) is 100 cm³/mol. The highest BCUT2D eigenvalue weighted by molar-refractivity contribution is 6.30. The molecule has 7 heteroatoms. The van der Waals surface area contributed by atoms with Crippen LogP contribution >= 0.6 is 11.6 Å². The van der Waals surface area contributed by atoms with E-state index in [0.717, 1.165) is 5.56 Å². The van der Waals surface area contributed by atoms with Crippen LogP contribution in [-0.4, -0.2) is 48.9 Å². The summed E-state index contributed by atoms with van der Waals surface area (Å²) in [6.07, 6.45) is -0.403. The Morgan fingerprint density at radius 1 is 1.27 bits per heavy atom. The number of carbonyl (C=O) groups excluding carboxylic acids is 2. The smallest absolute Gasteiger partial charge is 0.244 e. The van der Waals surface area contributed by atoms with E-state index in [2.05, 4.69) is 5.32 Å². The van der Waals surface area contributed by atoms with Crippen LogP contribution in [-0.2, 0) is 9.59 Å². The fourth-order valence-corrected chi connectivity index (χ4v) is 3.21. The van der Waals surface area contributed by atoms with E-state index >= 15 is 0 Å². The monoisotopic (exact) mass is 373 g/mol. The molecule has 1 fully saturated rings. The number of nitrogens with zero attached hydrogens (tertiary/aromatic N) is 2. The average molecular weight is 374 g/mol. The van der Waals surface area contributed by atoms with Crippen LogP contribution in [0.5, 0.6) is 5.75 Å². The summed E-state index contributed by atoms with van der Waals surface area (Å²) < 4.78 is 5.27. The Labute approximate surface area is 157 Å². The molecule has 1 atom stereocenters. The normalized spacial score (nSPS) is 16.7. The number of halogens is 1. The molecule has 1 aliphatic rings. The Morgan fingerprint density at radius 3 is 2.69 bits per heavy atom. The number of rotatable bonds is 5. The summed E-state index contributed by atoms with van der Waals surface area (Å²) in [6.45, 7) is 0.0877. The summed E-state index contributed by atoms with van der Waals surface area (Å²) in [4.78, 5) is 28.1. The van der Waals surface area contributed by atoms with Gasteiger partial charge in [0.1, 0.15) is 18.5 Å². The Bertz CT molecular complexity index is 813. The van der Waals surface area contributed by atoms with Crippen LogP contribution in [0.3, 0.4) is 0 Å². The number of ether oxygens (including phenoxy) is 1. The van der Waals surface area contributed by atoms with Gasteiger partial charge in [-0.2, -0.15) is 0 Å². The third kappa shape index (κ3) is 3.60. The molecule has 0 aromatic heterocycles. The Morgan fingerprint density at radius 2 is 2.00 bits per heavy atom. The molecule has 0 saturated carbocycles. The first kappa shape index (κ1) is 18.1. The zero-order valence-electron chi connectivity index (χ0n) is 14.6. The third-order valence-electron chi connectivity index (χ3n) is 4.37. The van der Waals surface area contributed by atoms with Crippen molar-refractivity contribution in [2.75, 3.05) is 32.6 Å². The highest BCUT2D eigenvalue weighted by atomic mass is 35.5. The highest BCUT2D eigenvalue weighted by Gasteiger charge is 2.38. The van der Waals surface area contributed by atoms with Crippen LogP contribution in [0.1, 0.15) is 11.7 Å². The summed E-state index contributed by atoms with van der Waals surface area (Å²) in [6, 6.07) is 14.7. The maximum absolute atomic E-state index is 12.8. The molecule has 0 aliphatic carbocycles. The van der Waals surface area contributed by atoms with Gasteiger partial charge in [0.15, 0.2) is 0 Å². The molecule has 2 aromatic carbocycles. The van der Waals surface area contributed by atoms with Crippen molar-refractivity contribution < 1.29 is 14.3 Å². The predicted octanol–water partition coefficient (Wildman–Crippen LogP) is 2.76. The second-order valence-corrected chi connectivity index (χ2v) is 6.45. The number of methoxy groups -OCH3 is 1. The van der Waals surface area contributed by atoms with Crippen LogP contribution in [0.4, 0.5) is 5.69 Å². The molecule has 0 radical (unpaired) electrons. The van der Waals surface area contributed by atoms with Gasteiger partial charge in [-0.3, -0.25) is 9.59 Å². The molecule has 2 aromatic rings. The Balaban J connectivity index is 1.76. The number of hydrogen-bond acceptors (Lipinski definition) is 4. The third-order valence-corrected chi connectivity index (χ3v) is 4.61. The fourth-order valence-electron chi connectivity index (χ4n) is 3.03. The summed E-state index contributed by atoms with van der Waals surface area (Å²) in [7, 11) is 3.26. The largest absolute Gasteiger partial charge is 0.495 e. The fraction of sp³-hybridized carbons (Fsp3) is 0.263. The van der Waals surface area contributed by atoms with Gasteiger partial charge >= 0.3 is 0 Å². The molecule has 0 spiro atoms. The van der Waals surface area contributed by atoms with Crippen molar-refractivity contribution in [2.45, 2.75) is 6.17 Å². The molecule has 1 unspecified atom stereocenters. The van der Waals surface area contributed by atoms with Gasteiger partial charge in [-0.05, 0) is 23.8 Å². The number of likely N-dealkylation sites (N-methyl/N-ethyl adjacent to an activating group) is 1. The highest BCUT2D eigenvalue weighted by Crippen LogP contribution is 2.30. The molecular weight excluding hydrogens is 354 g/mol. The summed E-state index contributed by atoms with van der Waals surface area (Å²) in [5, 5.41) is 3.59. The van der Waals surface area contributed by atoms with Crippen molar-refractivity contribution in [1.29, 1.82) is 0 Å². The van der Waals surface area contributed by atoms with Crippen molar-refractivity contribution in [3.8, 4) is 5.75 Å². The quantitative estimate of drug-likeness (QED) is 0.875. The van der Waals surface area contributed by atoms with E-state index < -0.39 is 6.17 Å². The van der Waals surface area contributed by atoms with Crippen molar-refractivity contribution in [3.05, 3.63) is 59.1 Å². The van der Waals surface area contributed by atoms with Gasteiger partial charge in [0.25, 0.3) is 0 Å². The van der Waals surface area contributed by atoms with Crippen molar-refractivity contribution in [3.63, 3.8) is 0 Å². The molecule has 1 aliphatic heterocycles. The van der Waals surface area contributed by atoms with Crippen LogP contribution in [0.15, 0.2) is 48.5 Å². The lowest BCUT2D eigenvalue weighted by molar-refractivity contribution is -0.131. The molecular formula is C19H20ClN3O3. The lowest BCUT2D eigenvalue weighted by Gasteiger charge is -2.28. The zero-order chi connectivity index (χ0) is 18.7. The van der Waals surface area contributed by atoms with E-state index in [1.165, 1.54) is 0 Å². The second-order valence-electron chi connectivity index (χ2n) is 6.01. The van der Waals surface area contributed by atoms with E-state index in [-0.39, 0.29) is 24.9 Å². The van der Waals surface area contributed by atoms with E-state index in [4.69, 9.17) is 16.3 Å². The van der Waals surface area contributed by atoms with Crippen LogP contribution < -0.4 is 10.1 Å². The minimum Gasteiger partial charge on any atom is -0.495 e. The second kappa shape index (κ2) is 7.66. The SMILES string of the molecule is COc1ccc(Cl)cc1NCC(=O)N1CC(=O)N(C)C1c1ccccc1. The molecule has 1 heterocycles. The molecule has 3 rings (SSSR count). The van der Waals surface area contributed by atoms with E-state index in [0.29, 0.717) is 16.5 Å². The summed E-state index contributed by atoms with van der Waals surface area (Å²) in [5.41, 5.74) is 1.53. The van der Waals surface area contributed by atoms with Gasteiger partial charge in [-0.25, -0.2) is 0 Å². The minimum absolute atomic E-state index is 0.0289. The summed E-state index contributed by atoms with van der Waals surface area (Å²) in [5.74, 6) is 0.322. The lowest BCUT2D eigenvalue weighted by Crippen LogP contribution is -2.37. The maximum Gasteiger partial charge on any atom is 0.244 e. The van der Waals surface area contributed by atoms with Gasteiger partial charge in [0, 0.05) is 12.1 Å². The van der Waals surface area contributed by atoms with Crippen molar-refractivity contribution >= 4 is 29.1 Å². The molecule has 6 nitrogen and oxygen atoms in total. The Hall–Kier alpha value is -2.73. The van der Waals surface area contributed by atoms with Crippen molar-refractivity contribution in [1.82, 2.24) is 9.80 Å². The van der Waals surface area contributed by atoms with Crippen LogP contribution in [0.2, 0.25) is 5.02 Å². The molecule has 26 heavy (non-hydrogen) atoms. The first-order valence-corrected chi connectivity index (χ1v) is 8.56. The molecule has 1 N–H and O–H groups in total. The lowest BCUT2D eigenvalue weighted by atomic mass is 10.1. The summed E-state index contributed by atoms with van der Waals surface area (Å²) >= 11 is 6.02. The topological polar surface area (TPSA) is 61.9 Å². The van der Waals surface area contributed by atoms with Gasteiger partial charge in [0.05, 0.1) is 19.3 Å². The number of benzene rings is 2.